The van der Waals surface area contributed by atoms with Gasteiger partial charge in [-0.3, -0.25) is 0 Å². The van der Waals surface area contributed by atoms with Crippen molar-refractivity contribution < 1.29 is 28.2 Å². The molecule has 2 atom stereocenters. The second-order valence-corrected chi connectivity index (χ2v) is 6.07. The number of benzene rings is 1. The normalized spacial score (nSPS) is 17.8. The Bertz CT molecular complexity index is 705. The van der Waals surface area contributed by atoms with E-state index in [0.29, 0.717) is 18.3 Å². The molecule has 0 N–H and O–H groups in total. The van der Waals surface area contributed by atoms with Crippen molar-refractivity contribution in [3.05, 3.63) is 36.4 Å². The Labute approximate surface area is 152 Å². The molecule has 0 spiro atoms. The number of methoxy groups -OCH3 is 1. The van der Waals surface area contributed by atoms with Gasteiger partial charge < -0.3 is 23.4 Å². The minimum atomic E-state index is -0.657. The van der Waals surface area contributed by atoms with Crippen LogP contribution in [0.25, 0.3) is 11.3 Å². The molecule has 1 saturated heterocycles. The van der Waals surface area contributed by atoms with E-state index in [-0.39, 0.29) is 12.7 Å². The van der Waals surface area contributed by atoms with Gasteiger partial charge in [-0.2, -0.15) is 0 Å². The third-order valence-corrected chi connectivity index (χ3v) is 4.15. The molecular weight excluding hydrogens is 338 g/mol. The van der Waals surface area contributed by atoms with Crippen LogP contribution in [0, 0.1) is 0 Å². The highest BCUT2D eigenvalue weighted by Gasteiger charge is 2.21. The van der Waals surface area contributed by atoms with Crippen molar-refractivity contribution in [3.8, 4) is 17.1 Å². The maximum Gasteiger partial charge on any atom is 0.335 e. The lowest BCUT2D eigenvalue weighted by atomic mass is 10.2. The monoisotopic (exact) mass is 361 g/mol. The van der Waals surface area contributed by atoms with Gasteiger partial charge >= 0.3 is 5.97 Å². The summed E-state index contributed by atoms with van der Waals surface area (Å²) in [6.45, 7) is 2.78. The Morgan fingerprint density at radius 2 is 2.15 bits per heavy atom. The smallest absolute Gasteiger partial charge is 0.335 e. The van der Waals surface area contributed by atoms with E-state index in [9.17, 15) is 4.79 Å². The Morgan fingerprint density at radius 1 is 1.35 bits per heavy atom. The van der Waals surface area contributed by atoms with Crippen LogP contribution in [0.15, 0.2) is 34.9 Å². The minimum Gasteiger partial charge on any atom is -0.497 e. The molecule has 0 aliphatic carbocycles. The molecule has 0 radical (unpaired) electrons. The molecule has 1 aliphatic rings. The first-order valence-corrected chi connectivity index (χ1v) is 8.64. The average Bonchev–Trinajstić information content (AvgIpc) is 3.36. The van der Waals surface area contributed by atoms with Crippen molar-refractivity contribution in [2.75, 3.05) is 20.3 Å². The minimum absolute atomic E-state index is 0.0391. The van der Waals surface area contributed by atoms with Gasteiger partial charge in [-0.1, -0.05) is 0 Å². The highest BCUT2D eigenvalue weighted by atomic mass is 16.6. The first-order valence-electron chi connectivity index (χ1n) is 8.64. The van der Waals surface area contributed by atoms with Crippen LogP contribution in [0.5, 0.6) is 5.75 Å². The highest BCUT2D eigenvalue weighted by Crippen LogP contribution is 2.23. The quantitative estimate of drug-likeness (QED) is 0.669. The summed E-state index contributed by atoms with van der Waals surface area (Å²) in [4.78, 5) is 16.1. The van der Waals surface area contributed by atoms with Gasteiger partial charge in [-0.25, -0.2) is 9.78 Å². The van der Waals surface area contributed by atoms with Gasteiger partial charge in [0, 0.05) is 12.2 Å². The van der Waals surface area contributed by atoms with Gasteiger partial charge in [0.1, 0.15) is 5.75 Å². The third-order valence-electron chi connectivity index (χ3n) is 4.15. The Morgan fingerprint density at radius 3 is 2.85 bits per heavy atom. The van der Waals surface area contributed by atoms with Gasteiger partial charge in [-0.15, -0.1) is 0 Å². The molecule has 1 fully saturated rings. The number of esters is 1. The molecule has 3 rings (SSSR count). The van der Waals surface area contributed by atoms with E-state index in [1.807, 2.05) is 24.3 Å². The molecule has 26 heavy (non-hydrogen) atoms. The van der Waals surface area contributed by atoms with E-state index < -0.39 is 12.1 Å². The maximum absolute atomic E-state index is 12.0. The summed E-state index contributed by atoms with van der Waals surface area (Å²) in [5, 5.41) is 0. The zero-order chi connectivity index (χ0) is 18.4. The van der Waals surface area contributed by atoms with Crippen LogP contribution in [-0.4, -0.2) is 43.5 Å². The molecule has 1 aromatic heterocycles. The number of hydrogen-bond acceptors (Lipinski definition) is 7. The fourth-order valence-corrected chi connectivity index (χ4v) is 2.61. The molecule has 1 aliphatic heterocycles. The Hall–Kier alpha value is -2.38. The van der Waals surface area contributed by atoms with Crippen LogP contribution in [0.4, 0.5) is 0 Å². The van der Waals surface area contributed by atoms with E-state index in [2.05, 4.69) is 4.98 Å². The van der Waals surface area contributed by atoms with Crippen molar-refractivity contribution in [1.82, 2.24) is 4.98 Å². The first kappa shape index (κ1) is 18.4. The zero-order valence-corrected chi connectivity index (χ0v) is 15.0. The summed E-state index contributed by atoms with van der Waals surface area (Å²) in [6.07, 6.45) is 3.02. The largest absolute Gasteiger partial charge is 0.497 e. The lowest BCUT2D eigenvalue weighted by Gasteiger charge is -2.14. The molecule has 0 amide bonds. The number of ether oxygens (including phenoxy) is 4. The van der Waals surface area contributed by atoms with Crippen molar-refractivity contribution in [2.45, 2.75) is 38.6 Å². The fourth-order valence-electron chi connectivity index (χ4n) is 2.61. The Kier molecular flexibility index (Phi) is 6.25. The number of carbonyl (C=O) groups is 1. The predicted octanol–water partition coefficient (Wildman–Crippen LogP) is 2.98. The number of hydrogen-bond donors (Lipinski definition) is 0. The predicted molar refractivity (Wildman–Crippen MR) is 92.7 cm³/mol. The third kappa shape index (κ3) is 4.83. The van der Waals surface area contributed by atoms with Gasteiger partial charge in [0.25, 0.3) is 0 Å². The van der Waals surface area contributed by atoms with Crippen LogP contribution < -0.4 is 4.74 Å². The second-order valence-electron chi connectivity index (χ2n) is 6.07. The standard InChI is InChI=1S/C19H23NO6/c1-13(24-11-16-4-3-9-23-16)19(21)25-12-18-20-10-17(26-18)14-5-7-15(22-2)8-6-14/h5-8,10,13,16H,3-4,9,11-12H2,1-2H3. The number of oxazole rings is 1. The van der Waals surface area contributed by atoms with Gasteiger partial charge in [-0.05, 0) is 44.0 Å². The highest BCUT2D eigenvalue weighted by molar-refractivity contribution is 5.74. The van der Waals surface area contributed by atoms with Crippen molar-refractivity contribution in [3.63, 3.8) is 0 Å². The summed E-state index contributed by atoms with van der Waals surface area (Å²) in [5.41, 5.74) is 0.865. The molecule has 7 nitrogen and oxygen atoms in total. The first-order chi connectivity index (χ1) is 12.7. The van der Waals surface area contributed by atoms with Gasteiger partial charge in [0.15, 0.2) is 18.5 Å². The van der Waals surface area contributed by atoms with E-state index in [1.165, 1.54) is 0 Å². The summed E-state index contributed by atoms with van der Waals surface area (Å²) in [7, 11) is 1.61. The zero-order valence-electron chi connectivity index (χ0n) is 15.0. The van der Waals surface area contributed by atoms with Crippen LogP contribution in [0.1, 0.15) is 25.7 Å². The summed E-state index contributed by atoms with van der Waals surface area (Å²) in [6, 6.07) is 7.42. The average molecular weight is 361 g/mol. The number of rotatable bonds is 8. The topological polar surface area (TPSA) is 80.0 Å². The molecule has 2 heterocycles. The molecule has 0 saturated carbocycles. The van der Waals surface area contributed by atoms with Crippen molar-refractivity contribution in [1.29, 1.82) is 0 Å². The van der Waals surface area contributed by atoms with Crippen molar-refractivity contribution in [2.24, 2.45) is 0 Å². The molecule has 140 valence electrons. The van der Waals surface area contributed by atoms with Gasteiger partial charge in [0.2, 0.25) is 5.89 Å². The molecule has 2 aromatic rings. The molecular formula is C19H23NO6. The van der Waals surface area contributed by atoms with Crippen LogP contribution in [-0.2, 0) is 25.6 Å². The molecule has 0 bridgehead atoms. The summed E-state index contributed by atoms with van der Waals surface area (Å²) < 4.78 is 26.9. The number of aromatic nitrogens is 1. The molecule has 7 heteroatoms. The van der Waals surface area contributed by atoms with Crippen LogP contribution in [0.2, 0.25) is 0 Å². The lowest BCUT2D eigenvalue weighted by Crippen LogP contribution is -2.27. The van der Waals surface area contributed by atoms with E-state index in [4.69, 9.17) is 23.4 Å². The molecule has 1 aromatic carbocycles. The van der Waals surface area contributed by atoms with E-state index in [0.717, 1.165) is 30.8 Å². The summed E-state index contributed by atoms with van der Waals surface area (Å²) in [5.74, 6) is 1.24. The lowest BCUT2D eigenvalue weighted by molar-refractivity contribution is -0.159. The van der Waals surface area contributed by atoms with Gasteiger partial charge in [0.05, 0.1) is 26.0 Å². The fraction of sp³-hybridized carbons (Fsp3) is 0.474. The Balaban J connectivity index is 1.46. The van der Waals surface area contributed by atoms with E-state index >= 15 is 0 Å². The number of nitrogens with zero attached hydrogens (tertiary/aromatic N) is 1. The van der Waals surface area contributed by atoms with E-state index in [1.54, 1.807) is 20.2 Å². The molecule has 2 unspecified atom stereocenters. The van der Waals surface area contributed by atoms with Crippen molar-refractivity contribution >= 4 is 5.97 Å². The SMILES string of the molecule is COc1ccc(-c2cnc(COC(=O)C(C)OCC3CCCO3)o2)cc1. The van der Waals surface area contributed by atoms with Crippen LogP contribution in [0.3, 0.4) is 0 Å². The number of carbonyl (C=O) groups excluding carboxylic acids is 1. The summed E-state index contributed by atoms with van der Waals surface area (Å²) >= 11 is 0. The second kappa shape index (κ2) is 8.82. The van der Waals surface area contributed by atoms with Crippen LogP contribution >= 0.6 is 0 Å². The maximum atomic E-state index is 12.0.